The summed E-state index contributed by atoms with van der Waals surface area (Å²) in [7, 11) is 0. The van der Waals surface area contributed by atoms with E-state index in [2.05, 4.69) is 23.2 Å². The first-order valence-corrected chi connectivity index (χ1v) is 10.0. The number of nitrogens with one attached hydrogen (secondary N) is 1. The molecule has 0 spiro atoms. The molecule has 5 rings (SSSR count). The van der Waals surface area contributed by atoms with Crippen molar-refractivity contribution in [1.82, 2.24) is 10.3 Å². The number of aromatic nitrogens is 1. The number of aliphatic hydroxyl groups excluding tert-OH is 1. The lowest BCUT2D eigenvalue weighted by Gasteiger charge is -2.34. The zero-order chi connectivity index (χ0) is 19.3. The van der Waals surface area contributed by atoms with Crippen molar-refractivity contribution in [3.8, 4) is 5.75 Å². The standard InChI is InChI=1S/C22H25N3O3/c1-13-8-19-20(12-23-22(19)27)24-21(13)25-6-4-17(5-7-25)28-18-3-2-14-9-16(26)10-15(14)11-18/h2-3,8,11,17,22-23,27H,4-7,9-10,12H2,1H3. The van der Waals surface area contributed by atoms with Crippen molar-refractivity contribution < 1.29 is 14.6 Å². The van der Waals surface area contributed by atoms with Gasteiger partial charge in [0.25, 0.3) is 0 Å². The molecule has 0 bridgehead atoms. The molecule has 0 radical (unpaired) electrons. The van der Waals surface area contributed by atoms with E-state index in [1.807, 2.05) is 18.2 Å². The molecule has 28 heavy (non-hydrogen) atoms. The van der Waals surface area contributed by atoms with Crippen LogP contribution < -0.4 is 15.0 Å². The van der Waals surface area contributed by atoms with Gasteiger partial charge in [-0.25, -0.2) is 4.98 Å². The molecule has 3 aliphatic rings. The monoisotopic (exact) mass is 379 g/mol. The Labute approximate surface area is 164 Å². The minimum atomic E-state index is -0.600. The first kappa shape index (κ1) is 17.6. The average Bonchev–Trinajstić information content (AvgIpc) is 3.23. The third-order valence-corrected chi connectivity index (χ3v) is 6.05. The number of piperidine rings is 1. The number of rotatable bonds is 3. The summed E-state index contributed by atoms with van der Waals surface area (Å²) in [5, 5.41) is 13.0. The molecule has 1 aromatic carbocycles. The molecule has 146 valence electrons. The fourth-order valence-electron chi connectivity index (χ4n) is 4.54. The minimum Gasteiger partial charge on any atom is -0.490 e. The number of carbonyl (C=O) groups excluding carboxylic acids is 1. The van der Waals surface area contributed by atoms with Crippen molar-refractivity contribution in [2.75, 3.05) is 18.0 Å². The van der Waals surface area contributed by atoms with Crippen LogP contribution in [0, 0.1) is 6.92 Å². The number of aliphatic hydroxyl groups is 1. The van der Waals surface area contributed by atoms with Crippen molar-refractivity contribution in [2.24, 2.45) is 0 Å². The summed E-state index contributed by atoms with van der Waals surface area (Å²) in [6, 6.07) is 8.12. The van der Waals surface area contributed by atoms with Crippen LogP contribution in [-0.4, -0.2) is 35.1 Å². The lowest BCUT2D eigenvalue weighted by molar-refractivity contribution is -0.117. The molecule has 3 heterocycles. The number of aryl methyl sites for hydroxylation is 1. The number of benzene rings is 1. The number of anilines is 1. The molecular formula is C22H25N3O3. The topological polar surface area (TPSA) is 74.7 Å². The van der Waals surface area contributed by atoms with Gasteiger partial charge >= 0.3 is 0 Å². The van der Waals surface area contributed by atoms with Crippen molar-refractivity contribution in [3.05, 3.63) is 52.2 Å². The van der Waals surface area contributed by atoms with Gasteiger partial charge in [-0.1, -0.05) is 6.07 Å². The molecule has 2 aromatic rings. The van der Waals surface area contributed by atoms with Gasteiger partial charge in [-0.2, -0.15) is 0 Å². The molecule has 2 N–H and O–H groups in total. The van der Waals surface area contributed by atoms with Gasteiger partial charge in [0.05, 0.1) is 5.69 Å². The van der Waals surface area contributed by atoms with E-state index in [1.54, 1.807) is 0 Å². The Morgan fingerprint density at radius 2 is 1.96 bits per heavy atom. The lowest BCUT2D eigenvalue weighted by Crippen LogP contribution is -2.39. The highest BCUT2D eigenvalue weighted by Crippen LogP contribution is 2.31. The van der Waals surface area contributed by atoms with Gasteiger partial charge in [0.15, 0.2) is 0 Å². The summed E-state index contributed by atoms with van der Waals surface area (Å²) in [5.74, 6) is 2.18. The SMILES string of the molecule is Cc1cc2c(nc1N1CCC(Oc3ccc4c(c3)CC(=O)C4)CC1)CNC2O. The van der Waals surface area contributed by atoms with Crippen LogP contribution in [0.4, 0.5) is 5.82 Å². The van der Waals surface area contributed by atoms with Crippen LogP contribution in [0.5, 0.6) is 5.75 Å². The second-order valence-electron chi connectivity index (χ2n) is 8.08. The Balaban J connectivity index is 1.24. The van der Waals surface area contributed by atoms with Gasteiger partial charge in [-0.05, 0) is 41.8 Å². The molecule has 1 atom stereocenters. The maximum absolute atomic E-state index is 11.6. The molecular weight excluding hydrogens is 354 g/mol. The Hall–Kier alpha value is -2.44. The van der Waals surface area contributed by atoms with Gasteiger partial charge in [0.1, 0.15) is 29.7 Å². The number of fused-ring (bicyclic) bond motifs is 2. The van der Waals surface area contributed by atoms with Gasteiger partial charge in [-0.3, -0.25) is 10.1 Å². The molecule has 1 aliphatic carbocycles. The van der Waals surface area contributed by atoms with Gasteiger partial charge in [-0.15, -0.1) is 0 Å². The smallest absolute Gasteiger partial charge is 0.141 e. The minimum absolute atomic E-state index is 0.185. The van der Waals surface area contributed by atoms with Crippen molar-refractivity contribution in [3.63, 3.8) is 0 Å². The number of ether oxygens (including phenoxy) is 1. The second kappa shape index (κ2) is 6.87. The highest BCUT2D eigenvalue weighted by atomic mass is 16.5. The largest absolute Gasteiger partial charge is 0.490 e. The molecule has 0 amide bonds. The predicted octanol–water partition coefficient (Wildman–Crippen LogP) is 2.20. The molecule has 0 saturated carbocycles. The van der Waals surface area contributed by atoms with Gasteiger partial charge in [0.2, 0.25) is 0 Å². The molecule has 2 aliphatic heterocycles. The summed E-state index contributed by atoms with van der Waals surface area (Å²) in [5.41, 5.74) is 5.21. The highest BCUT2D eigenvalue weighted by molar-refractivity contribution is 5.88. The van der Waals surface area contributed by atoms with Crippen LogP contribution in [0.15, 0.2) is 24.3 Å². The van der Waals surface area contributed by atoms with E-state index >= 15 is 0 Å². The first-order chi connectivity index (χ1) is 13.6. The fourth-order valence-corrected chi connectivity index (χ4v) is 4.54. The number of ketones is 1. The Kier molecular flexibility index (Phi) is 4.33. The van der Waals surface area contributed by atoms with Crippen LogP contribution in [0.1, 0.15) is 47.0 Å². The van der Waals surface area contributed by atoms with Crippen LogP contribution in [-0.2, 0) is 24.2 Å². The number of carbonyl (C=O) groups is 1. The summed E-state index contributed by atoms with van der Waals surface area (Å²) in [6.45, 7) is 4.47. The van der Waals surface area contributed by atoms with Gasteiger partial charge < -0.3 is 14.7 Å². The zero-order valence-electron chi connectivity index (χ0n) is 16.1. The molecule has 6 nitrogen and oxygen atoms in total. The zero-order valence-corrected chi connectivity index (χ0v) is 16.1. The Morgan fingerprint density at radius 1 is 1.18 bits per heavy atom. The van der Waals surface area contributed by atoms with Gasteiger partial charge in [0, 0.05) is 50.9 Å². The van der Waals surface area contributed by atoms with Crippen LogP contribution in [0.2, 0.25) is 0 Å². The summed E-state index contributed by atoms with van der Waals surface area (Å²) < 4.78 is 6.22. The summed E-state index contributed by atoms with van der Waals surface area (Å²) in [4.78, 5) is 18.8. The second-order valence-corrected chi connectivity index (χ2v) is 8.08. The van der Waals surface area contributed by atoms with E-state index in [-0.39, 0.29) is 6.10 Å². The third-order valence-electron chi connectivity index (χ3n) is 6.05. The quantitative estimate of drug-likeness (QED) is 0.852. The van der Waals surface area contributed by atoms with E-state index < -0.39 is 6.23 Å². The van der Waals surface area contributed by atoms with Crippen LogP contribution >= 0.6 is 0 Å². The number of hydrogen-bond acceptors (Lipinski definition) is 6. The normalized spacial score (nSPS) is 21.7. The van der Waals surface area contributed by atoms with E-state index in [1.165, 1.54) is 0 Å². The third kappa shape index (κ3) is 3.16. The number of nitrogens with zero attached hydrogens (tertiary/aromatic N) is 2. The molecule has 1 saturated heterocycles. The molecule has 1 aromatic heterocycles. The molecule has 6 heteroatoms. The van der Waals surface area contributed by atoms with E-state index in [0.717, 1.165) is 65.4 Å². The number of hydrogen-bond donors (Lipinski definition) is 2. The Morgan fingerprint density at radius 3 is 2.79 bits per heavy atom. The average molecular weight is 379 g/mol. The maximum atomic E-state index is 11.6. The lowest BCUT2D eigenvalue weighted by atomic mass is 10.1. The van der Waals surface area contributed by atoms with E-state index in [9.17, 15) is 9.90 Å². The molecule has 1 fully saturated rings. The highest BCUT2D eigenvalue weighted by Gasteiger charge is 2.27. The first-order valence-electron chi connectivity index (χ1n) is 10.0. The summed E-state index contributed by atoms with van der Waals surface area (Å²) in [6.07, 6.45) is 2.57. The summed E-state index contributed by atoms with van der Waals surface area (Å²) >= 11 is 0. The van der Waals surface area contributed by atoms with Crippen LogP contribution in [0.25, 0.3) is 0 Å². The van der Waals surface area contributed by atoms with E-state index in [0.29, 0.717) is 25.2 Å². The predicted molar refractivity (Wildman–Crippen MR) is 105 cm³/mol. The van der Waals surface area contributed by atoms with Crippen molar-refractivity contribution in [1.29, 1.82) is 0 Å². The fraction of sp³-hybridized carbons (Fsp3) is 0.455. The van der Waals surface area contributed by atoms with Crippen molar-refractivity contribution >= 4 is 11.6 Å². The Bertz CT molecular complexity index is 935. The van der Waals surface area contributed by atoms with E-state index in [4.69, 9.17) is 9.72 Å². The number of pyridine rings is 1. The van der Waals surface area contributed by atoms with Crippen molar-refractivity contribution in [2.45, 2.75) is 51.5 Å². The van der Waals surface area contributed by atoms with Crippen LogP contribution in [0.3, 0.4) is 0 Å². The maximum Gasteiger partial charge on any atom is 0.141 e. The number of Topliss-reactive ketones (excluding diaryl/α,β-unsaturated/α-hetero) is 1. The molecule has 1 unspecified atom stereocenters.